The lowest BCUT2D eigenvalue weighted by atomic mass is 9.83. The van der Waals surface area contributed by atoms with Gasteiger partial charge in [-0.3, -0.25) is 24.1 Å². The highest BCUT2D eigenvalue weighted by Gasteiger charge is 2.43. The molecule has 57 heavy (non-hydrogen) atoms. The van der Waals surface area contributed by atoms with Crippen molar-refractivity contribution in [2.45, 2.75) is 123 Å². The van der Waals surface area contributed by atoms with E-state index in [4.69, 9.17) is 15.2 Å². The summed E-state index contributed by atoms with van der Waals surface area (Å²) in [6.45, 7) is 14.5. The second kappa shape index (κ2) is 22.5. The van der Waals surface area contributed by atoms with E-state index in [0.29, 0.717) is 13.0 Å². The summed E-state index contributed by atoms with van der Waals surface area (Å²) in [5, 5.41) is 3.23. The lowest BCUT2D eigenvalue weighted by Gasteiger charge is -2.41. The molecule has 2 aromatic carbocycles. The monoisotopic (exact) mass is 792 g/mol. The number of nitrogens with two attached hydrogens (primary N) is 1. The number of Topliss-reactive ketones (excluding diaryl/α,β-unsaturated/α-hetero) is 1. The molecule has 3 rings (SSSR count). The van der Waals surface area contributed by atoms with Crippen molar-refractivity contribution in [1.29, 1.82) is 0 Å². The van der Waals surface area contributed by atoms with Crippen LogP contribution in [0.25, 0.3) is 0 Å². The standard InChI is InChI=1S/C46H73N5O6/c1-13-31(6)43(50(10)46(55)35(29(2)3)27-37(52)42(30(4)5)49(8)9)38(56-11)28-39(53)51-26-20-25-36(51)44(57-12)32(7)45(54)48-41(34-23-18-15-19-24-34)40(47)33-21-16-14-17-22-33/h14-19,21-24,29-32,35-36,38,40-44H,13,20,25-28,47H2,1-12H3,(H,48,54)/t31-,32+,35-,36-,38+,40-,41-,42?,43-,44+/m0/s1. The van der Waals surface area contributed by atoms with Crippen molar-refractivity contribution >= 4 is 23.5 Å². The van der Waals surface area contributed by atoms with E-state index in [9.17, 15) is 19.2 Å². The maximum absolute atomic E-state index is 14.4. The number of benzene rings is 2. The Hall–Kier alpha value is -3.64. The van der Waals surface area contributed by atoms with Gasteiger partial charge in [-0.1, -0.05) is 116 Å². The molecule has 2 aromatic rings. The lowest BCUT2D eigenvalue weighted by molar-refractivity contribution is -0.149. The van der Waals surface area contributed by atoms with Gasteiger partial charge < -0.3 is 30.3 Å². The van der Waals surface area contributed by atoms with Crippen LogP contribution in [-0.4, -0.2) is 110 Å². The maximum atomic E-state index is 14.4. The molecule has 0 aromatic heterocycles. The minimum atomic E-state index is -0.601. The number of nitrogens with zero attached hydrogens (tertiary/aromatic N) is 3. The molecular formula is C46H73N5O6. The lowest BCUT2D eigenvalue weighted by Crippen LogP contribution is -2.54. The molecule has 318 valence electrons. The highest BCUT2D eigenvalue weighted by atomic mass is 16.5. The van der Waals surface area contributed by atoms with E-state index in [0.717, 1.165) is 24.0 Å². The van der Waals surface area contributed by atoms with Crippen LogP contribution in [0.1, 0.15) is 104 Å². The van der Waals surface area contributed by atoms with Crippen LogP contribution in [0.15, 0.2) is 60.7 Å². The molecule has 3 N–H and O–H groups in total. The van der Waals surface area contributed by atoms with Crippen LogP contribution in [0.2, 0.25) is 0 Å². The number of methoxy groups -OCH3 is 2. The molecule has 1 aliphatic rings. The minimum absolute atomic E-state index is 0.00929. The van der Waals surface area contributed by atoms with E-state index in [1.165, 1.54) is 0 Å². The zero-order chi connectivity index (χ0) is 42.6. The molecule has 0 aliphatic carbocycles. The van der Waals surface area contributed by atoms with E-state index in [1.807, 2.05) is 119 Å². The summed E-state index contributed by atoms with van der Waals surface area (Å²) in [6, 6.07) is 17.4. The average Bonchev–Trinajstić information content (AvgIpc) is 3.68. The van der Waals surface area contributed by atoms with Gasteiger partial charge in [0.25, 0.3) is 0 Å². The van der Waals surface area contributed by atoms with E-state index < -0.39 is 42.2 Å². The van der Waals surface area contributed by atoms with Crippen LogP contribution in [-0.2, 0) is 28.7 Å². The average molecular weight is 792 g/mol. The summed E-state index contributed by atoms with van der Waals surface area (Å²) in [6.07, 6.45) is 1.26. The number of hydrogen-bond acceptors (Lipinski definition) is 8. The van der Waals surface area contributed by atoms with Gasteiger partial charge in [-0.05, 0) is 55.8 Å². The molecule has 0 bridgehead atoms. The van der Waals surface area contributed by atoms with Gasteiger partial charge in [0.2, 0.25) is 17.7 Å². The van der Waals surface area contributed by atoms with Crippen LogP contribution < -0.4 is 11.1 Å². The van der Waals surface area contributed by atoms with Crippen LogP contribution >= 0.6 is 0 Å². The second-order valence-corrected chi connectivity index (χ2v) is 17.1. The van der Waals surface area contributed by atoms with Gasteiger partial charge in [0.15, 0.2) is 5.78 Å². The number of rotatable bonds is 22. The number of carbonyl (C=O) groups excluding carboxylic acids is 4. The number of ketones is 1. The molecule has 0 saturated carbocycles. The van der Waals surface area contributed by atoms with Crippen molar-refractivity contribution in [2.24, 2.45) is 35.3 Å². The van der Waals surface area contributed by atoms with Crippen LogP contribution in [0.4, 0.5) is 0 Å². The number of ether oxygens (including phenoxy) is 2. The highest BCUT2D eigenvalue weighted by Crippen LogP contribution is 2.32. The van der Waals surface area contributed by atoms with Gasteiger partial charge in [0, 0.05) is 40.2 Å². The molecule has 1 aliphatic heterocycles. The third kappa shape index (κ3) is 12.2. The topological polar surface area (TPSA) is 135 Å². The third-order valence-electron chi connectivity index (χ3n) is 12.3. The molecule has 1 fully saturated rings. The normalized spacial score (nSPS) is 19.4. The zero-order valence-electron chi connectivity index (χ0n) is 36.8. The molecule has 1 heterocycles. The summed E-state index contributed by atoms with van der Waals surface area (Å²) >= 11 is 0. The molecule has 11 nitrogen and oxygen atoms in total. The second-order valence-electron chi connectivity index (χ2n) is 17.1. The van der Waals surface area contributed by atoms with Crippen LogP contribution in [0.5, 0.6) is 0 Å². The fourth-order valence-corrected chi connectivity index (χ4v) is 8.96. The summed E-state index contributed by atoms with van der Waals surface area (Å²) in [4.78, 5) is 61.9. The van der Waals surface area contributed by atoms with E-state index in [-0.39, 0.29) is 66.2 Å². The van der Waals surface area contributed by atoms with E-state index >= 15 is 0 Å². The van der Waals surface area contributed by atoms with Gasteiger partial charge in [-0.15, -0.1) is 0 Å². The van der Waals surface area contributed by atoms with Crippen molar-refractivity contribution in [1.82, 2.24) is 20.0 Å². The Morgan fingerprint density at radius 1 is 0.842 bits per heavy atom. The van der Waals surface area contributed by atoms with Gasteiger partial charge in [-0.25, -0.2) is 0 Å². The Balaban J connectivity index is 1.82. The highest BCUT2D eigenvalue weighted by molar-refractivity contribution is 5.90. The molecule has 1 saturated heterocycles. The molecule has 0 radical (unpaired) electrons. The van der Waals surface area contributed by atoms with Gasteiger partial charge in [-0.2, -0.15) is 0 Å². The van der Waals surface area contributed by atoms with E-state index in [1.54, 1.807) is 26.2 Å². The van der Waals surface area contributed by atoms with Crippen molar-refractivity contribution in [2.75, 3.05) is 41.9 Å². The van der Waals surface area contributed by atoms with Gasteiger partial charge in [0.1, 0.15) is 0 Å². The first-order chi connectivity index (χ1) is 27.0. The Morgan fingerprint density at radius 2 is 1.42 bits per heavy atom. The van der Waals surface area contributed by atoms with Crippen LogP contribution in [0, 0.1) is 29.6 Å². The molecule has 11 heteroatoms. The smallest absolute Gasteiger partial charge is 0.226 e. The summed E-state index contributed by atoms with van der Waals surface area (Å²) in [5.41, 5.74) is 8.60. The number of likely N-dealkylation sites (N-methyl/N-ethyl adjacent to an activating group) is 2. The van der Waals surface area contributed by atoms with Crippen molar-refractivity contribution < 1.29 is 28.7 Å². The Kier molecular flexibility index (Phi) is 18.8. The first kappa shape index (κ1) is 47.7. The summed E-state index contributed by atoms with van der Waals surface area (Å²) in [7, 11) is 8.77. The molecule has 10 atom stereocenters. The van der Waals surface area contributed by atoms with Crippen LogP contribution in [0.3, 0.4) is 0 Å². The Bertz CT molecular complexity index is 1550. The number of hydrogen-bond donors (Lipinski definition) is 2. The number of carbonyl (C=O) groups is 4. The van der Waals surface area contributed by atoms with Gasteiger partial charge >= 0.3 is 0 Å². The Morgan fingerprint density at radius 3 is 1.91 bits per heavy atom. The first-order valence-corrected chi connectivity index (χ1v) is 21.0. The fraction of sp³-hybridized carbons (Fsp3) is 0.652. The maximum Gasteiger partial charge on any atom is 0.226 e. The SMILES string of the molecule is CC[C@H](C)[C@@H]([C@@H](CC(=O)N1CCC[C@H]1[C@H](OC)[C@@H](C)C(=O)N[C@@H](c1ccccc1)[C@@H](N)c1ccccc1)OC)N(C)C(=O)[C@@H](CC(=O)C(C(C)C)N(C)C)C(C)C. The quantitative estimate of drug-likeness (QED) is 0.142. The van der Waals surface area contributed by atoms with Gasteiger partial charge in [0.05, 0.1) is 54.8 Å². The zero-order valence-corrected chi connectivity index (χ0v) is 36.8. The Labute approximate surface area is 343 Å². The first-order valence-electron chi connectivity index (χ1n) is 21.0. The third-order valence-corrected chi connectivity index (χ3v) is 12.3. The molecule has 1 unspecified atom stereocenters. The molecule has 0 spiro atoms. The van der Waals surface area contributed by atoms with Crippen molar-refractivity contribution in [3.8, 4) is 0 Å². The van der Waals surface area contributed by atoms with Crippen molar-refractivity contribution in [3.63, 3.8) is 0 Å². The molecule has 3 amide bonds. The predicted molar refractivity (Wildman–Crippen MR) is 227 cm³/mol. The minimum Gasteiger partial charge on any atom is -0.379 e. The number of amides is 3. The largest absolute Gasteiger partial charge is 0.379 e. The van der Waals surface area contributed by atoms with E-state index in [2.05, 4.69) is 19.2 Å². The number of likely N-dealkylation sites (tertiary alicyclic amines) is 1. The predicted octanol–water partition coefficient (Wildman–Crippen LogP) is 6.28. The van der Waals surface area contributed by atoms with Crippen molar-refractivity contribution in [3.05, 3.63) is 71.8 Å². The summed E-state index contributed by atoms with van der Waals surface area (Å²) in [5.74, 6) is -1.43. The number of nitrogens with one attached hydrogen (secondary N) is 1. The molecular weight excluding hydrogens is 719 g/mol. The summed E-state index contributed by atoms with van der Waals surface area (Å²) < 4.78 is 12.1. The fourth-order valence-electron chi connectivity index (χ4n) is 8.96.